The van der Waals surface area contributed by atoms with E-state index in [-0.39, 0.29) is 5.92 Å². The molecule has 2 rings (SSSR count). The normalized spacial score (nSPS) is 25.7. The van der Waals surface area contributed by atoms with Crippen LogP contribution >= 0.6 is 0 Å². The van der Waals surface area contributed by atoms with Crippen molar-refractivity contribution in [1.82, 2.24) is 9.80 Å². The summed E-state index contributed by atoms with van der Waals surface area (Å²) in [7, 11) is 1.73. The van der Waals surface area contributed by atoms with E-state index in [1.54, 1.807) is 7.11 Å². The van der Waals surface area contributed by atoms with Crippen molar-refractivity contribution in [1.29, 1.82) is 0 Å². The first-order valence-corrected chi connectivity index (χ1v) is 9.24. The Kier molecular flexibility index (Phi) is 7.67. The molecule has 2 saturated heterocycles. The van der Waals surface area contributed by atoms with Crippen molar-refractivity contribution >= 4 is 5.91 Å². The second-order valence-corrected chi connectivity index (χ2v) is 7.07. The number of likely N-dealkylation sites (tertiary alicyclic amines) is 2. The molecule has 2 atom stereocenters. The van der Waals surface area contributed by atoms with E-state index >= 15 is 0 Å². The average Bonchev–Trinajstić information content (AvgIpc) is 2.83. The Morgan fingerprint density at radius 1 is 1.14 bits per heavy atom. The second-order valence-electron chi connectivity index (χ2n) is 7.07. The van der Waals surface area contributed by atoms with Gasteiger partial charge >= 0.3 is 0 Å². The highest BCUT2D eigenvalue weighted by Crippen LogP contribution is 2.22. The zero-order valence-corrected chi connectivity index (χ0v) is 14.6. The van der Waals surface area contributed by atoms with Gasteiger partial charge in [0.2, 0.25) is 5.91 Å². The molecule has 4 nitrogen and oxygen atoms in total. The van der Waals surface area contributed by atoms with Gasteiger partial charge in [0.15, 0.2) is 0 Å². The van der Waals surface area contributed by atoms with E-state index in [1.165, 1.54) is 45.2 Å². The molecule has 0 N–H and O–H groups in total. The molecule has 0 aromatic rings. The second kappa shape index (κ2) is 9.51. The van der Waals surface area contributed by atoms with Gasteiger partial charge in [0, 0.05) is 38.8 Å². The third-order valence-corrected chi connectivity index (χ3v) is 5.27. The van der Waals surface area contributed by atoms with Crippen molar-refractivity contribution in [2.24, 2.45) is 5.92 Å². The molecule has 2 fully saturated rings. The first-order chi connectivity index (χ1) is 10.7. The van der Waals surface area contributed by atoms with Crippen LogP contribution in [0.1, 0.15) is 58.3 Å². The molecule has 2 heterocycles. The van der Waals surface area contributed by atoms with Gasteiger partial charge in [-0.25, -0.2) is 0 Å². The SMILES string of the molecule is COCCC[C@@H](C)C(=O)N1CCC[C@H](N2CCCCCC2)C1. The van der Waals surface area contributed by atoms with Crippen LogP contribution in [0.2, 0.25) is 0 Å². The standard InChI is InChI=1S/C18H34N2O2/c1-16(9-8-14-22-2)18(21)20-13-7-10-17(15-20)19-11-5-3-4-6-12-19/h16-17H,3-15H2,1-2H3/t16-,17+/m1/s1. The van der Waals surface area contributed by atoms with Crippen molar-refractivity contribution in [3.8, 4) is 0 Å². The number of hydrogen-bond donors (Lipinski definition) is 0. The number of ether oxygens (including phenoxy) is 1. The lowest BCUT2D eigenvalue weighted by Gasteiger charge is -2.40. The Labute approximate surface area is 136 Å². The Hall–Kier alpha value is -0.610. The highest BCUT2D eigenvalue weighted by Gasteiger charge is 2.29. The summed E-state index contributed by atoms with van der Waals surface area (Å²) in [6.45, 7) is 7.21. The van der Waals surface area contributed by atoms with Gasteiger partial charge in [-0.2, -0.15) is 0 Å². The molecule has 2 aliphatic rings. The van der Waals surface area contributed by atoms with Gasteiger partial charge < -0.3 is 9.64 Å². The number of piperidine rings is 1. The first kappa shape index (κ1) is 17.7. The Balaban J connectivity index is 1.82. The molecule has 128 valence electrons. The van der Waals surface area contributed by atoms with Crippen LogP contribution < -0.4 is 0 Å². The zero-order chi connectivity index (χ0) is 15.8. The summed E-state index contributed by atoms with van der Waals surface area (Å²) in [5.74, 6) is 0.494. The van der Waals surface area contributed by atoms with E-state index in [9.17, 15) is 4.79 Å². The fraction of sp³-hybridized carbons (Fsp3) is 0.944. The summed E-state index contributed by atoms with van der Waals surface area (Å²) in [5, 5.41) is 0. The molecular formula is C18H34N2O2. The number of carbonyl (C=O) groups is 1. The molecule has 0 bridgehead atoms. The predicted octanol–water partition coefficient (Wildman–Crippen LogP) is 2.92. The summed E-state index contributed by atoms with van der Waals surface area (Å²) < 4.78 is 5.09. The van der Waals surface area contributed by atoms with E-state index in [0.717, 1.165) is 39.0 Å². The largest absolute Gasteiger partial charge is 0.385 e. The average molecular weight is 310 g/mol. The van der Waals surface area contributed by atoms with Crippen LogP contribution in [0.3, 0.4) is 0 Å². The zero-order valence-electron chi connectivity index (χ0n) is 14.6. The summed E-state index contributed by atoms with van der Waals surface area (Å²) in [5.41, 5.74) is 0. The number of nitrogens with zero attached hydrogens (tertiary/aromatic N) is 2. The third-order valence-electron chi connectivity index (χ3n) is 5.27. The van der Waals surface area contributed by atoms with Gasteiger partial charge in [0.05, 0.1) is 0 Å². The van der Waals surface area contributed by atoms with E-state index < -0.39 is 0 Å². The molecular weight excluding hydrogens is 276 g/mol. The Morgan fingerprint density at radius 3 is 2.55 bits per heavy atom. The molecule has 4 heteroatoms. The van der Waals surface area contributed by atoms with Crippen molar-refractivity contribution in [3.63, 3.8) is 0 Å². The van der Waals surface area contributed by atoms with Gasteiger partial charge in [-0.15, -0.1) is 0 Å². The maximum absolute atomic E-state index is 12.7. The Morgan fingerprint density at radius 2 is 1.86 bits per heavy atom. The molecule has 1 amide bonds. The topological polar surface area (TPSA) is 32.8 Å². The molecule has 0 aliphatic carbocycles. The summed E-state index contributed by atoms with van der Waals surface area (Å²) in [6.07, 6.45) is 9.77. The minimum absolute atomic E-state index is 0.137. The highest BCUT2D eigenvalue weighted by atomic mass is 16.5. The summed E-state index contributed by atoms with van der Waals surface area (Å²) in [6, 6.07) is 0.599. The fourth-order valence-corrected chi connectivity index (χ4v) is 3.88. The molecule has 0 spiro atoms. The van der Waals surface area contributed by atoms with Crippen LogP contribution in [0.25, 0.3) is 0 Å². The lowest BCUT2D eigenvalue weighted by molar-refractivity contribution is -0.137. The minimum atomic E-state index is 0.137. The van der Waals surface area contributed by atoms with Gasteiger partial charge in [-0.05, 0) is 51.6 Å². The molecule has 0 saturated carbocycles. The summed E-state index contributed by atoms with van der Waals surface area (Å²) >= 11 is 0. The number of methoxy groups -OCH3 is 1. The van der Waals surface area contributed by atoms with Crippen molar-refractivity contribution in [2.45, 2.75) is 64.3 Å². The molecule has 0 radical (unpaired) electrons. The van der Waals surface area contributed by atoms with Crippen molar-refractivity contribution in [2.75, 3.05) is 39.9 Å². The molecule has 2 aliphatic heterocycles. The smallest absolute Gasteiger partial charge is 0.225 e. The maximum Gasteiger partial charge on any atom is 0.225 e. The molecule has 0 aromatic heterocycles. The molecule has 0 unspecified atom stereocenters. The quantitative estimate of drug-likeness (QED) is 0.707. The third kappa shape index (κ3) is 5.24. The predicted molar refractivity (Wildman–Crippen MR) is 89.9 cm³/mol. The van der Waals surface area contributed by atoms with Crippen LogP contribution in [0.15, 0.2) is 0 Å². The van der Waals surface area contributed by atoms with E-state index in [0.29, 0.717) is 11.9 Å². The van der Waals surface area contributed by atoms with Gasteiger partial charge in [0.25, 0.3) is 0 Å². The van der Waals surface area contributed by atoms with Gasteiger partial charge in [-0.1, -0.05) is 19.8 Å². The van der Waals surface area contributed by atoms with Crippen molar-refractivity contribution in [3.05, 3.63) is 0 Å². The Bertz CT molecular complexity index is 327. The van der Waals surface area contributed by atoms with Crippen LogP contribution in [0, 0.1) is 5.92 Å². The van der Waals surface area contributed by atoms with Crippen molar-refractivity contribution < 1.29 is 9.53 Å². The fourth-order valence-electron chi connectivity index (χ4n) is 3.88. The number of rotatable bonds is 6. The monoisotopic (exact) mass is 310 g/mol. The summed E-state index contributed by atoms with van der Waals surface area (Å²) in [4.78, 5) is 17.4. The van der Waals surface area contributed by atoms with E-state index in [2.05, 4.69) is 16.7 Å². The minimum Gasteiger partial charge on any atom is -0.385 e. The molecule has 0 aromatic carbocycles. The molecule has 22 heavy (non-hydrogen) atoms. The lowest BCUT2D eigenvalue weighted by Crippen LogP contribution is -2.51. The van der Waals surface area contributed by atoms with Gasteiger partial charge in [0.1, 0.15) is 0 Å². The van der Waals surface area contributed by atoms with Crippen LogP contribution in [0.4, 0.5) is 0 Å². The number of hydrogen-bond acceptors (Lipinski definition) is 3. The maximum atomic E-state index is 12.7. The van der Waals surface area contributed by atoms with Crippen LogP contribution in [-0.2, 0) is 9.53 Å². The van der Waals surface area contributed by atoms with Gasteiger partial charge in [-0.3, -0.25) is 9.69 Å². The van der Waals surface area contributed by atoms with E-state index in [4.69, 9.17) is 4.74 Å². The van der Waals surface area contributed by atoms with Crippen LogP contribution in [0.5, 0.6) is 0 Å². The first-order valence-electron chi connectivity index (χ1n) is 9.24. The van der Waals surface area contributed by atoms with Crippen LogP contribution in [-0.4, -0.2) is 61.6 Å². The highest BCUT2D eigenvalue weighted by molar-refractivity contribution is 5.78. The number of carbonyl (C=O) groups excluding carboxylic acids is 1. The van der Waals surface area contributed by atoms with E-state index in [1.807, 2.05) is 0 Å². The number of amides is 1. The lowest BCUT2D eigenvalue weighted by atomic mass is 9.99.